The van der Waals surface area contributed by atoms with E-state index in [1.165, 1.54) is 0 Å². The Hall–Kier alpha value is -0.940. The predicted molar refractivity (Wildman–Crippen MR) is 57.9 cm³/mol. The van der Waals surface area contributed by atoms with Crippen LogP contribution >= 0.6 is 0 Å². The van der Waals surface area contributed by atoms with Crippen molar-refractivity contribution in [3.05, 3.63) is 18.2 Å². The van der Waals surface area contributed by atoms with Gasteiger partial charge in [-0.3, -0.25) is 0 Å². The second kappa shape index (κ2) is 4.06. The number of hydrogen-bond donors (Lipinski definition) is 2. The maximum Gasteiger partial charge on any atom is 0.145 e. The van der Waals surface area contributed by atoms with Crippen molar-refractivity contribution in [2.75, 3.05) is 5.73 Å². The van der Waals surface area contributed by atoms with Gasteiger partial charge in [0.1, 0.15) is 21.8 Å². The number of nitrogens with zero attached hydrogens (tertiary/aromatic N) is 1. The van der Waals surface area contributed by atoms with E-state index in [1.54, 1.807) is 18.2 Å². The SMILES string of the molecule is CC(C)(C)NS(=O)c1cccc(N)n1. The van der Waals surface area contributed by atoms with Gasteiger partial charge in [0.15, 0.2) is 0 Å². The molecule has 0 saturated carbocycles. The Kier molecular flexibility index (Phi) is 3.23. The number of pyridine rings is 1. The van der Waals surface area contributed by atoms with Crippen LogP contribution in [-0.2, 0) is 11.0 Å². The molecule has 0 amide bonds. The smallest absolute Gasteiger partial charge is 0.145 e. The third-order valence-electron chi connectivity index (χ3n) is 1.33. The van der Waals surface area contributed by atoms with Crippen LogP contribution in [0.5, 0.6) is 0 Å². The minimum absolute atomic E-state index is 0.211. The van der Waals surface area contributed by atoms with Crippen molar-refractivity contribution in [3.8, 4) is 0 Å². The summed E-state index contributed by atoms with van der Waals surface area (Å²) in [4.78, 5) is 3.97. The fraction of sp³-hybridized carbons (Fsp3) is 0.444. The third kappa shape index (κ3) is 3.43. The van der Waals surface area contributed by atoms with E-state index in [9.17, 15) is 4.21 Å². The molecule has 1 rings (SSSR count). The Morgan fingerprint density at radius 1 is 1.43 bits per heavy atom. The summed E-state index contributed by atoms with van der Waals surface area (Å²) < 4.78 is 14.6. The van der Waals surface area contributed by atoms with E-state index in [0.717, 1.165) is 0 Å². The summed E-state index contributed by atoms with van der Waals surface area (Å²) in [5, 5.41) is 0.458. The fourth-order valence-corrected chi connectivity index (χ4v) is 1.92. The Labute approximate surface area is 86.5 Å². The van der Waals surface area contributed by atoms with E-state index in [4.69, 9.17) is 5.73 Å². The molecule has 0 radical (unpaired) electrons. The molecule has 0 aliphatic rings. The first-order valence-electron chi connectivity index (χ1n) is 4.30. The van der Waals surface area contributed by atoms with Gasteiger partial charge >= 0.3 is 0 Å². The van der Waals surface area contributed by atoms with Gasteiger partial charge in [-0.1, -0.05) is 6.07 Å². The van der Waals surface area contributed by atoms with Crippen LogP contribution < -0.4 is 10.5 Å². The molecular formula is C9H15N3OS. The summed E-state index contributed by atoms with van der Waals surface area (Å²) in [5.74, 6) is 0.381. The van der Waals surface area contributed by atoms with Crippen molar-refractivity contribution in [2.45, 2.75) is 31.3 Å². The highest BCUT2D eigenvalue weighted by molar-refractivity contribution is 7.83. The van der Waals surface area contributed by atoms with Gasteiger partial charge in [0.2, 0.25) is 0 Å². The van der Waals surface area contributed by atoms with Crippen LogP contribution in [0.15, 0.2) is 23.2 Å². The van der Waals surface area contributed by atoms with Gasteiger partial charge in [-0.25, -0.2) is 13.9 Å². The molecule has 5 heteroatoms. The van der Waals surface area contributed by atoms with Crippen molar-refractivity contribution in [3.63, 3.8) is 0 Å². The van der Waals surface area contributed by atoms with Crippen molar-refractivity contribution in [1.82, 2.24) is 9.71 Å². The molecule has 14 heavy (non-hydrogen) atoms. The van der Waals surface area contributed by atoms with Gasteiger partial charge in [0.05, 0.1) is 0 Å². The van der Waals surface area contributed by atoms with Crippen molar-refractivity contribution in [1.29, 1.82) is 0 Å². The Balaban J connectivity index is 2.80. The first kappa shape index (κ1) is 11.1. The molecule has 0 saturated heterocycles. The number of aromatic nitrogens is 1. The molecular weight excluding hydrogens is 198 g/mol. The van der Waals surface area contributed by atoms with E-state index in [2.05, 4.69) is 9.71 Å². The highest BCUT2D eigenvalue weighted by Gasteiger charge is 2.15. The molecule has 0 fully saturated rings. The van der Waals surface area contributed by atoms with E-state index < -0.39 is 11.0 Å². The molecule has 0 aromatic carbocycles. The second-order valence-corrected chi connectivity index (χ2v) is 5.18. The second-order valence-electron chi connectivity index (χ2n) is 4.02. The Morgan fingerprint density at radius 3 is 2.57 bits per heavy atom. The number of anilines is 1. The average molecular weight is 213 g/mol. The summed E-state index contributed by atoms with van der Waals surface area (Å²) in [6, 6.07) is 5.09. The van der Waals surface area contributed by atoms with Crippen LogP contribution in [0, 0.1) is 0 Å². The minimum atomic E-state index is -1.30. The number of nitrogens with two attached hydrogens (primary N) is 1. The average Bonchev–Trinajstić information content (AvgIpc) is 2.01. The molecule has 1 aromatic heterocycles. The molecule has 1 heterocycles. The van der Waals surface area contributed by atoms with Gasteiger partial charge in [-0.2, -0.15) is 0 Å². The van der Waals surface area contributed by atoms with Crippen LogP contribution in [-0.4, -0.2) is 14.7 Å². The van der Waals surface area contributed by atoms with Gasteiger partial charge < -0.3 is 5.73 Å². The lowest BCUT2D eigenvalue weighted by Crippen LogP contribution is -2.37. The lowest BCUT2D eigenvalue weighted by atomic mass is 10.1. The lowest BCUT2D eigenvalue weighted by molar-refractivity contribution is 0.518. The number of nitrogens with one attached hydrogen (secondary N) is 1. The first-order chi connectivity index (χ1) is 6.38. The molecule has 0 aliphatic heterocycles. The zero-order valence-corrected chi connectivity index (χ0v) is 9.39. The van der Waals surface area contributed by atoms with Gasteiger partial charge in [-0.15, -0.1) is 0 Å². The lowest BCUT2D eigenvalue weighted by Gasteiger charge is -2.18. The van der Waals surface area contributed by atoms with Gasteiger partial charge in [0.25, 0.3) is 0 Å². The first-order valence-corrected chi connectivity index (χ1v) is 5.45. The number of nitrogen functional groups attached to an aromatic ring is 1. The van der Waals surface area contributed by atoms with Gasteiger partial charge in [0, 0.05) is 5.54 Å². The topological polar surface area (TPSA) is 68.0 Å². The highest BCUT2D eigenvalue weighted by atomic mass is 32.2. The summed E-state index contributed by atoms with van der Waals surface area (Å²) in [6.07, 6.45) is 0. The molecule has 1 unspecified atom stereocenters. The summed E-state index contributed by atoms with van der Waals surface area (Å²) in [6.45, 7) is 5.82. The fourth-order valence-electron chi connectivity index (χ4n) is 0.864. The molecule has 3 N–H and O–H groups in total. The van der Waals surface area contributed by atoms with Crippen LogP contribution in [0.3, 0.4) is 0 Å². The molecule has 4 nitrogen and oxygen atoms in total. The molecule has 0 spiro atoms. The summed E-state index contributed by atoms with van der Waals surface area (Å²) in [5.41, 5.74) is 5.28. The van der Waals surface area contributed by atoms with E-state index in [1.807, 2.05) is 20.8 Å². The quantitative estimate of drug-likeness (QED) is 0.772. The third-order valence-corrected chi connectivity index (χ3v) is 2.74. The molecule has 0 aliphatic carbocycles. The normalized spacial score (nSPS) is 13.9. The highest BCUT2D eigenvalue weighted by Crippen LogP contribution is 2.08. The molecule has 0 bridgehead atoms. The minimum Gasteiger partial charge on any atom is -0.384 e. The monoisotopic (exact) mass is 213 g/mol. The van der Waals surface area contributed by atoms with Crippen LogP contribution in [0.25, 0.3) is 0 Å². The summed E-state index contributed by atoms with van der Waals surface area (Å²) in [7, 11) is -1.30. The largest absolute Gasteiger partial charge is 0.384 e. The molecule has 1 aromatic rings. The number of hydrogen-bond acceptors (Lipinski definition) is 3. The summed E-state index contributed by atoms with van der Waals surface area (Å²) >= 11 is 0. The van der Waals surface area contributed by atoms with Crippen molar-refractivity contribution >= 4 is 16.8 Å². The number of rotatable bonds is 2. The van der Waals surface area contributed by atoms with E-state index in [0.29, 0.717) is 10.8 Å². The Morgan fingerprint density at radius 2 is 2.07 bits per heavy atom. The zero-order chi connectivity index (χ0) is 10.8. The standard InChI is InChI=1S/C9H15N3OS/c1-9(2,3)12-14(13)8-6-4-5-7(10)11-8/h4-6,12H,1-3H3,(H2,10,11). The Bertz CT molecular complexity index is 346. The predicted octanol–water partition coefficient (Wildman–Crippen LogP) is 1.07. The maximum atomic E-state index is 11.7. The van der Waals surface area contributed by atoms with Crippen LogP contribution in [0.4, 0.5) is 5.82 Å². The van der Waals surface area contributed by atoms with Crippen molar-refractivity contribution < 1.29 is 4.21 Å². The van der Waals surface area contributed by atoms with Crippen LogP contribution in [0.2, 0.25) is 0 Å². The van der Waals surface area contributed by atoms with Gasteiger partial charge in [-0.05, 0) is 32.9 Å². The van der Waals surface area contributed by atoms with E-state index in [-0.39, 0.29) is 5.54 Å². The van der Waals surface area contributed by atoms with Crippen LogP contribution in [0.1, 0.15) is 20.8 Å². The molecule has 1 atom stereocenters. The van der Waals surface area contributed by atoms with Crippen molar-refractivity contribution in [2.24, 2.45) is 0 Å². The maximum absolute atomic E-state index is 11.7. The van der Waals surface area contributed by atoms with E-state index >= 15 is 0 Å². The molecule has 78 valence electrons. The zero-order valence-electron chi connectivity index (χ0n) is 8.57.